The number of rotatable bonds is 2. The van der Waals surface area contributed by atoms with Gasteiger partial charge in [0.25, 0.3) is 5.91 Å². The van der Waals surface area contributed by atoms with Gasteiger partial charge in [-0.05, 0) is 34.5 Å². The topological polar surface area (TPSA) is 72.6 Å². The quantitative estimate of drug-likeness (QED) is 0.662. The van der Waals surface area contributed by atoms with Crippen molar-refractivity contribution in [2.75, 3.05) is 25.9 Å². The standard InChI is InChI=1S/C13H15BrN2O3/c1-19-13(18)8-5-6-16(7-8)12(17)9-3-2-4-10(15)11(9)14/h2-4,8H,5-7,15H2,1H3. The fourth-order valence-corrected chi connectivity index (χ4v) is 2.62. The molecule has 1 unspecified atom stereocenters. The minimum atomic E-state index is -0.262. The van der Waals surface area contributed by atoms with Crippen molar-refractivity contribution in [3.8, 4) is 0 Å². The summed E-state index contributed by atoms with van der Waals surface area (Å²) in [6.07, 6.45) is 0.637. The highest BCUT2D eigenvalue weighted by Gasteiger charge is 2.32. The van der Waals surface area contributed by atoms with Crippen LogP contribution >= 0.6 is 15.9 Å². The largest absolute Gasteiger partial charge is 0.469 e. The zero-order chi connectivity index (χ0) is 14.0. The Kier molecular flexibility index (Phi) is 4.09. The fourth-order valence-electron chi connectivity index (χ4n) is 2.19. The van der Waals surface area contributed by atoms with E-state index in [-0.39, 0.29) is 17.8 Å². The zero-order valence-electron chi connectivity index (χ0n) is 10.6. The van der Waals surface area contributed by atoms with E-state index in [0.29, 0.717) is 35.2 Å². The molecular weight excluding hydrogens is 312 g/mol. The first-order chi connectivity index (χ1) is 9.04. The van der Waals surface area contributed by atoms with Crippen molar-refractivity contribution in [3.63, 3.8) is 0 Å². The number of nitrogen functional groups attached to an aromatic ring is 1. The van der Waals surface area contributed by atoms with Crippen molar-refractivity contribution in [2.45, 2.75) is 6.42 Å². The number of esters is 1. The number of anilines is 1. The van der Waals surface area contributed by atoms with E-state index in [1.54, 1.807) is 23.1 Å². The molecule has 0 aliphatic carbocycles. The Hall–Kier alpha value is -1.56. The molecule has 0 spiro atoms. The van der Waals surface area contributed by atoms with Gasteiger partial charge in [-0.1, -0.05) is 6.07 Å². The molecule has 1 aliphatic heterocycles. The van der Waals surface area contributed by atoms with Crippen LogP contribution in [-0.2, 0) is 9.53 Å². The Balaban J connectivity index is 2.14. The number of nitrogens with two attached hydrogens (primary N) is 1. The summed E-state index contributed by atoms with van der Waals surface area (Å²) in [5.41, 5.74) is 6.80. The smallest absolute Gasteiger partial charge is 0.310 e. The predicted molar refractivity (Wildman–Crippen MR) is 74.6 cm³/mol. The van der Waals surface area contributed by atoms with Crippen molar-refractivity contribution >= 4 is 33.5 Å². The molecule has 0 saturated carbocycles. The first-order valence-corrected chi connectivity index (χ1v) is 6.75. The average molecular weight is 327 g/mol. The molecule has 5 nitrogen and oxygen atoms in total. The number of carbonyl (C=O) groups excluding carboxylic acids is 2. The molecule has 0 aromatic heterocycles. The lowest BCUT2D eigenvalue weighted by Gasteiger charge is -2.17. The van der Waals surface area contributed by atoms with Gasteiger partial charge in [-0.3, -0.25) is 9.59 Å². The maximum Gasteiger partial charge on any atom is 0.310 e. The molecule has 1 aromatic rings. The zero-order valence-corrected chi connectivity index (χ0v) is 12.1. The maximum atomic E-state index is 12.4. The number of amides is 1. The Morgan fingerprint density at radius 3 is 2.89 bits per heavy atom. The number of hydrogen-bond donors (Lipinski definition) is 1. The lowest BCUT2D eigenvalue weighted by molar-refractivity contribution is -0.144. The summed E-state index contributed by atoms with van der Waals surface area (Å²) in [5.74, 6) is -0.610. The molecule has 0 bridgehead atoms. The second-order valence-corrected chi connectivity index (χ2v) is 5.26. The third-order valence-corrected chi connectivity index (χ3v) is 4.15. The van der Waals surface area contributed by atoms with E-state index >= 15 is 0 Å². The van der Waals surface area contributed by atoms with Gasteiger partial charge in [-0.15, -0.1) is 0 Å². The third-order valence-electron chi connectivity index (χ3n) is 3.27. The third kappa shape index (κ3) is 2.73. The summed E-state index contributed by atoms with van der Waals surface area (Å²) in [5, 5.41) is 0. The van der Waals surface area contributed by atoms with Gasteiger partial charge >= 0.3 is 5.97 Å². The van der Waals surface area contributed by atoms with Crippen LogP contribution in [0.5, 0.6) is 0 Å². The highest BCUT2D eigenvalue weighted by atomic mass is 79.9. The highest BCUT2D eigenvalue weighted by molar-refractivity contribution is 9.10. The van der Waals surface area contributed by atoms with Crippen LogP contribution in [0, 0.1) is 5.92 Å². The van der Waals surface area contributed by atoms with Crippen molar-refractivity contribution in [1.82, 2.24) is 4.90 Å². The summed E-state index contributed by atoms with van der Waals surface area (Å²) in [4.78, 5) is 25.5. The molecule has 0 radical (unpaired) electrons. The summed E-state index contributed by atoms with van der Waals surface area (Å²) in [7, 11) is 1.36. The molecule has 102 valence electrons. The molecule has 19 heavy (non-hydrogen) atoms. The van der Waals surface area contributed by atoms with Gasteiger partial charge in [-0.25, -0.2) is 0 Å². The van der Waals surface area contributed by atoms with Crippen molar-refractivity contribution in [3.05, 3.63) is 28.2 Å². The Morgan fingerprint density at radius 1 is 1.47 bits per heavy atom. The Morgan fingerprint density at radius 2 is 2.21 bits per heavy atom. The molecule has 2 rings (SSSR count). The van der Waals surface area contributed by atoms with Gasteiger partial charge in [0.2, 0.25) is 0 Å². The molecule has 1 amide bonds. The number of hydrogen-bond acceptors (Lipinski definition) is 4. The lowest BCUT2D eigenvalue weighted by Crippen LogP contribution is -2.30. The van der Waals surface area contributed by atoms with E-state index < -0.39 is 0 Å². The minimum Gasteiger partial charge on any atom is -0.469 e. The number of benzene rings is 1. The Bertz CT molecular complexity index is 519. The molecule has 1 heterocycles. The van der Waals surface area contributed by atoms with Crippen LogP contribution in [0.4, 0.5) is 5.69 Å². The number of halogens is 1. The van der Waals surface area contributed by atoms with Crippen molar-refractivity contribution in [1.29, 1.82) is 0 Å². The monoisotopic (exact) mass is 326 g/mol. The number of ether oxygens (including phenoxy) is 1. The SMILES string of the molecule is COC(=O)C1CCN(C(=O)c2cccc(N)c2Br)C1. The number of likely N-dealkylation sites (tertiary alicyclic amines) is 1. The average Bonchev–Trinajstić information content (AvgIpc) is 2.90. The van der Waals surface area contributed by atoms with E-state index in [1.165, 1.54) is 7.11 Å². The molecule has 1 atom stereocenters. The predicted octanol–water partition coefficient (Wildman–Crippen LogP) is 1.67. The highest BCUT2D eigenvalue weighted by Crippen LogP contribution is 2.27. The molecule has 1 aromatic carbocycles. The van der Waals surface area contributed by atoms with E-state index in [1.807, 2.05) is 0 Å². The van der Waals surface area contributed by atoms with Crippen LogP contribution in [0.3, 0.4) is 0 Å². The summed E-state index contributed by atoms with van der Waals surface area (Å²) in [6.45, 7) is 0.951. The molecule has 1 saturated heterocycles. The van der Waals surface area contributed by atoms with E-state index in [2.05, 4.69) is 15.9 Å². The molecule has 1 aliphatic rings. The normalized spacial score (nSPS) is 18.4. The fraction of sp³-hybridized carbons (Fsp3) is 0.385. The van der Waals surface area contributed by atoms with Gasteiger partial charge in [0.1, 0.15) is 0 Å². The van der Waals surface area contributed by atoms with Crippen LogP contribution < -0.4 is 5.73 Å². The van der Waals surface area contributed by atoms with Crippen LogP contribution in [-0.4, -0.2) is 37.0 Å². The second kappa shape index (κ2) is 5.61. The van der Waals surface area contributed by atoms with Gasteiger partial charge in [0.15, 0.2) is 0 Å². The molecule has 1 fully saturated rings. The Labute approximate surface area is 119 Å². The molecular formula is C13H15BrN2O3. The number of nitrogens with zero attached hydrogens (tertiary/aromatic N) is 1. The van der Waals surface area contributed by atoms with Gasteiger partial charge in [0, 0.05) is 18.8 Å². The summed E-state index contributed by atoms with van der Waals surface area (Å²) < 4.78 is 5.30. The number of carbonyl (C=O) groups is 2. The first kappa shape index (κ1) is 13.9. The maximum absolute atomic E-state index is 12.4. The first-order valence-electron chi connectivity index (χ1n) is 5.95. The molecule has 6 heteroatoms. The second-order valence-electron chi connectivity index (χ2n) is 4.47. The summed E-state index contributed by atoms with van der Waals surface area (Å²) in [6, 6.07) is 5.18. The van der Waals surface area contributed by atoms with E-state index in [0.717, 1.165) is 0 Å². The van der Waals surface area contributed by atoms with Crippen molar-refractivity contribution in [2.24, 2.45) is 5.92 Å². The van der Waals surface area contributed by atoms with Gasteiger partial charge < -0.3 is 15.4 Å². The molecule has 2 N–H and O–H groups in total. The van der Waals surface area contributed by atoms with E-state index in [9.17, 15) is 9.59 Å². The lowest BCUT2D eigenvalue weighted by atomic mass is 10.1. The van der Waals surface area contributed by atoms with Crippen LogP contribution in [0.2, 0.25) is 0 Å². The van der Waals surface area contributed by atoms with Crippen molar-refractivity contribution < 1.29 is 14.3 Å². The van der Waals surface area contributed by atoms with Gasteiger partial charge in [-0.2, -0.15) is 0 Å². The van der Waals surface area contributed by atoms with Crippen LogP contribution in [0.15, 0.2) is 22.7 Å². The number of methoxy groups -OCH3 is 1. The van der Waals surface area contributed by atoms with E-state index in [4.69, 9.17) is 10.5 Å². The van der Waals surface area contributed by atoms with Crippen LogP contribution in [0.25, 0.3) is 0 Å². The summed E-state index contributed by atoms with van der Waals surface area (Å²) >= 11 is 3.32. The van der Waals surface area contributed by atoms with Gasteiger partial charge in [0.05, 0.1) is 23.1 Å². The van der Waals surface area contributed by atoms with Crippen LogP contribution in [0.1, 0.15) is 16.8 Å². The minimum absolute atomic E-state index is 0.120.